The SMILES string of the molecule is C=C(CC)OOOOOC1CCCCC1.C=C(CC)OOOOOC1CCCCC1.O=P(O)(O)O. The normalized spacial score (nSPS) is 16.8. The molecule has 0 spiro atoms. The van der Waals surface area contributed by atoms with Gasteiger partial charge >= 0.3 is 7.82 Å². The van der Waals surface area contributed by atoms with Gasteiger partial charge in [-0.1, -0.05) is 65.5 Å². The van der Waals surface area contributed by atoms with Crippen LogP contribution in [0.2, 0.25) is 0 Å². The molecule has 0 heterocycles. The molecule has 0 atom stereocenters. The molecular formula is C20H39O14P. The Morgan fingerprint density at radius 3 is 1.26 bits per heavy atom. The van der Waals surface area contributed by atoms with Gasteiger partial charge in [0, 0.05) is 33.0 Å². The van der Waals surface area contributed by atoms with Gasteiger partial charge in [0.1, 0.15) is 11.5 Å². The van der Waals surface area contributed by atoms with Crippen LogP contribution in [0.25, 0.3) is 0 Å². The summed E-state index contributed by atoms with van der Waals surface area (Å²) in [7, 11) is -4.64. The number of phosphoric acid groups is 1. The average molecular weight is 534 g/mol. The van der Waals surface area contributed by atoms with Crippen molar-refractivity contribution in [3.63, 3.8) is 0 Å². The van der Waals surface area contributed by atoms with Crippen LogP contribution in [0.4, 0.5) is 0 Å². The van der Waals surface area contributed by atoms with Crippen LogP contribution < -0.4 is 0 Å². The van der Waals surface area contributed by atoms with E-state index >= 15 is 0 Å². The van der Waals surface area contributed by atoms with E-state index in [1.54, 1.807) is 0 Å². The van der Waals surface area contributed by atoms with E-state index in [0.717, 1.165) is 51.4 Å². The number of hydrogen-bond acceptors (Lipinski definition) is 11. The third-order valence-corrected chi connectivity index (χ3v) is 4.66. The Kier molecular flexibility index (Phi) is 21.4. The molecule has 35 heavy (non-hydrogen) atoms. The summed E-state index contributed by atoms with van der Waals surface area (Å²) in [5.41, 5.74) is 0. The van der Waals surface area contributed by atoms with Gasteiger partial charge in [-0.3, -0.25) is 0 Å². The molecule has 0 aliphatic heterocycles. The number of rotatable bonds is 14. The highest BCUT2D eigenvalue weighted by atomic mass is 31.2. The number of allylic oxidation sites excluding steroid dienone is 2. The Morgan fingerprint density at radius 2 is 0.971 bits per heavy atom. The fraction of sp³-hybridized carbons (Fsp3) is 0.800. The second-order valence-electron chi connectivity index (χ2n) is 7.59. The zero-order chi connectivity index (χ0) is 26.4. The van der Waals surface area contributed by atoms with Crippen molar-refractivity contribution < 1.29 is 69.0 Å². The summed E-state index contributed by atoms with van der Waals surface area (Å²) < 4.78 is 8.88. The molecule has 15 heteroatoms. The highest BCUT2D eigenvalue weighted by Crippen LogP contribution is 2.26. The minimum Gasteiger partial charge on any atom is -0.311 e. The first kappa shape index (κ1) is 33.9. The molecule has 0 aromatic rings. The molecule has 3 N–H and O–H groups in total. The van der Waals surface area contributed by atoms with Gasteiger partial charge in [0.05, 0.1) is 12.2 Å². The molecule has 0 aromatic heterocycles. The van der Waals surface area contributed by atoms with Gasteiger partial charge in [0.25, 0.3) is 0 Å². The fourth-order valence-corrected chi connectivity index (χ4v) is 2.73. The fourth-order valence-electron chi connectivity index (χ4n) is 2.73. The first-order chi connectivity index (χ1) is 16.7. The first-order valence-electron chi connectivity index (χ1n) is 11.5. The van der Waals surface area contributed by atoms with Crippen LogP contribution >= 0.6 is 7.82 Å². The summed E-state index contributed by atoms with van der Waals surface area (Å²) in [5, 5.41) is 25.6. The lowest BCUT2D eigenvalue weighted by Gasteiger charge is -2.18. The van der Waals surface area contributed by atoms with Crippen LogP contribution in [-0.4, -0.2) is 26.9 Å². The molecule has 0 saturated heterocycles. The van der Waals surface area contributed by atoms with E-state index in [9.17, 15) is 0 Å². The molecule has 0 aromatic carbocycles. The molecule has 2 saturated carbocycles. The molecule has 2 rings (SSSR count). The van der Waals surface area contributed by atoms with Crippen molar-refractivity contribution >= 4 is 7.82 Å². The van der Waals surface area contributed by atoms with Crippen molar-refractivity contribution in [3.05, 3.63) is 24.7 Å². The van der Waals surface area contributed by atoms with Crippen molar-refractivity contribution in [2.45, 2.75) is 103 Å². The van der Waals surface area contributed by atoms with Crippen LogP contribution in [0.3, 0.4) is 0 Å². The van der Waals surface area contributed by atoms with Gasteiger partial charge in [-0.05, 0) is 35.8 Å². The topological polar surface area (TPSA) is 170 Å². The molecular weight excluding hydrogens is 495 g/mol. The summed E-state index contributed by atoms with van der Waals surface area (Å²) in [5.74, 6) is 0.910. The van der Waals surface area contributed by atoms with Crippen LogP contribution in [0.15, 0.2) is 24.7 Å². The van der Waals surface area contributed by atoms with E-state index in [0.29, 0.717) is 24.4 Å². The van der Waals surface area contributed by atoms with Crippen molar-refractivity contribution in [1.82, 2.24) is 0 Å². The van der Waals surface area contributed by atoms with Gasteiger partial charge in [-0.15, -0.1) is 0 Å². The van der Waals surface area contributed by atoms with E-state index in [2.05, 4.69) is 53.2 Å². The van der Waals surface area contributed by atoms with Crippen LogP contribution in [0, 0.1) is 0 Å². The summed E-state index contributed by atoms with van der Waals surface area (Å²) >= 11 is 0. The van der Waals surface area contributed by atoms with Crippen LogP contribution in [0.5, 0.6) is 0 Å². The van der Waals surface area contributed by atoms with Crippen molar-refractivity contribution in [2.75, 3.05) is 0 Å². The lowest BCUT2D eigenvalue weighted by molar-refractivity contribution is -0.708. The van der Waals surface area contributed by atoms with Gasteiger partial charge in [0.2, 0.25) is 0 Å². The summed E-state index contributed by atoms with van der Waals surface area (Å²) in [6.07, 6.45) is 12.6. The van der Waals surface area contributed by atoms with Gasteiger partial charge < -0.3 is 24.5 Å². The van der Waals surface area contributed by atoms with Gasteiger partial charge in [-0.2, -0.15) is 0 Å². The Balaban J connectivity index is 0.000000555. The molecule has 2 aliphatic rings. The zero-order valence-corrected chi connectivity index (χ0v) is 21.2. The molecule has 0 amide bonds. The predicted octanol–water partition coefficient (Wildman–Crippen LogP) is 5.04. The minimum absolute atomic E-state index is 0.0942. The quantitative estimate of drug-likeness (QED) is 0.0889. The van der Waals surface area contributed by atoms with Crippen molar-refractivity contribution in [2.24, 2.45) is 0 Å². The molecule has 0 bridgehead atoms. The highest BCUT2D eigenvalue weighted by Gasteiger charge is 2.16. The predicted molar refractivity (Wildman–Crippen MR) is 118 cm³/mol. The Labute approximate surface area is 205 Å². The third kappa shape index (κ3) is 25.8. The summed E-state index contributed by atoms with van der Waals surface area (Å²) in [6.45, 7) is 10.8. The Morgan fingerprint density at radius 1 is 0.657 bits per heavy atom. The second kappa shape index (κ2) is 22.1. The monoisotopic (exact) mass is 534 g/mol. The largest absolute Gasteiger partial charge is 0.466 e. The van der Waals surface area contributed by atoms with E-state index in [1.165, 1.54) is 12.8 Å². The second-order valence-corrected chi connectivity index (χ2v) is 8.61. The first-order valence-corrected chi connectivity index (χ1v) is 13.0. The lowest BCUT2D eigenvalue weighted by atomic mass is 9.98. The van der Waals surface area contributed by atoms with E-state index in [1.807, 2.05) is 13.8 Å². The summed E-state index contributed by atoms with van der Waals surface area (Å²) in [4.78, 5) is 40.6. The average Bonchev–Trinajstić information content (AvgIpc) is 2.84. The van der Waals surface area contributed by atoms with Gasteiger partial charge in [0.15, 0.2) is 0 Å². The molecule has 0 radical (unpaired) electrons. The van der Waals surface area contributed by atoms with Crippen LogP contribution in [0.1, 0.15) is 90.9 Å². The molecule has 0 unspecified atom stereocenters. The van der Waals surface area contributed by atoms with E-state index in [-0.39, 0.29) is 12.2 Å². The Hall–Kier alpha value is -1.13. The third-order valence-electron chi connectivity index (χ3n) is 4.66. The maximum absolute atomic E-state index is 8.88. The summed E-state index contributed by atoms with van der Waals surface area (Å²) in [6, 6.07) is 0. The van der Waals surface area contributed by atoms with Crippen molar-refractivity contribution in [3.8, 4) is 0 Å². The van der Waals surface area contributed by atoms with Crippen LogP contribution in [-0.2, 0) is 54.3 Å². The standard InChI is InChI=1S/2C10H18O5.H3O4P/c2*1-3-9(2)11-13-15-14-12-10-7-5-4-6-8-10;1-5(2,3)4/h2*10H,2-8H2,1H3;(H3,1,2,3,4). The molecule has 14 nitrogen and oxygen atoms in total. The van der Waals surface area contributed by atoms with E-state index < -0.39 is 7.82 Å². The van der Waals surface area contributed by atoms with E-state index in [4.69, 9.17) is 29.0 Å². The number of hydrogen-bond donors (Lipinski definition) is 3. The molecule has 2 aliphatic carbocycles. The van der Waals surface area contributed by atoms with Crippen molar-refractivity contribution in [1.29, 1.82) is 0 Å². The zero-order valence-electron chi connectivity index (χ0n) is 20.3. The lowest BCUT2D eigenvalue weighted by Crippen LogP contribution is -2.17. The van der Waals surface area contributed by atoms with Gasteiger partial charge in [-0.25, -0.2) is 14.3 Å². The Bertz CT molecular complexity index is 524. The smallest absolute Gasteiger partial charge is 0.311 e. The maximum Gasteiger partial charge on any atom is 0.466 e. The minimum atomic E-state index is -4.64. The molecule has 2 fully saturated rings. The molecule has 208 valence electrons. The highest BCUT2D eigenvalue weighted by molar-refractivity contribution is 7.45. The maximum atomic E-state index is 8.88.